The molecule has 0 heterocycles. The molecule has 0 spiro atoms. The lowest BCUT2D eigenvalue weighted by Gasteiger charge is -2.10. The number of nitrogen functional groups attached to an aromatic ring is 1. The first-order valence-corrected chi connectivity index (χ1v) is 7.49. The van der Waals surface area contributed by atoms with Gasteiger partial charge in [-0.1, -0.05) is 24.4 Å². The van der Waals surface area contributed by atoms with Crippen LogP contribution in [0.2, 0.25) is 0 Å². The minimum Gasteiger partial charge on any atom is -0.406 e. The van der Waals surface area contributed by atoms with Crippen molar-refractivity contribution in [2.24, 2.45) is 0 Å². The Hall–Kier alpha value is -2.48. The minimum atomic E-state index is -4.78. The average molecular weight is 371 g/mol. The van der Waals surface area contributed by atoms with Crippen LogP contribution in [0.4, 0.5) is 23.2 Å². The summed E-state index contributed by atoms with van der Waals surface area (Å²) in [6, 6.07) is 9.04. The van der Waals surface area contributed by atoms with Crippen molar-refractivity contribution in [3.05, 3.63) is 59.4 Å². The molecule has 3 nitrogen and oxygen atoms in total. The Morgan fingerprint density at radius 1 is 1.16 bits per heavy atom. The van der Waals surface area contributed by atoms with Gasteiger partial charge in [-0.2, -0.15) is 0 Å². The molecule has 0 saturated carbocycles. The van der Waals surface area contributed by atoms with Crippen LogP contribution in [0.3, 0.4) is 0 Å². The number of thiocarbonyl (C=S) groups is 1. The van der Waals surface area contributed by atoms with Gasteiger partial charge in [-0.15, -0.1) is 13.2 Å². The Morgan fingerprint density at radius 3 is 2.52 bits per heavy atom. The smallest absolute Gasteiger partial charge is 0.406 e. The van der Waals surface area contributed by atoms with E-state index < -0.39 is 18.0 Å². The lowest BCUT2D eigenvalue weighted by atomic mass is 10.0. The fraction of sp³-hybridized carbons (Fsp3) is 0.176. The number of ether oxygens (including phenoxy) is 1. The van der Waals surface area contributed by atoms with Gasteiger partial charge in [0.2, 0.25) is 0 Å². The highest BCUT2D eigenvalue weighted by molar-refractivity contribution is 7.80. The maximum Gasteiger partial charge on any atom is 0.573 e. The van der Waals surface area contributed by atoms with Gasteiger partial charge in [0.05, 0.1) is 5.69 Å². The maximum absolute atomic E-state index is 13.4. The summed E-state index contributed by atoms with van der Waals surface area (Å²) in [5.74, 6) is -1.46. The normalized spacial score (nSPS) is 11.2. The molecule has 2 aromatic rings. The molecule has 2 rings (SSSR count). The first-order chi connectivity index (χ1) is 11.6. The molecule has 0 aliphatic rings. The number of benzene rings is 2. The molecular formula is C17H13F4NO2S. The summed E-state index contributed by atoms with van der Waals surface area (Å²) in [5.41, 5.74) is 5.88. The van der Waals surface area contributed by atoms with E-state index in [1.807, 2.05) is 0 Å². The zero-order chi connectivity index (χ0) is 18.6. The number of hydrogen-bond donors (Lipinski definition) is 1. The van der Waals surface area contributed by atoms with Gasteiger partial charge in [-0.3, -0.25) is 4.79 Å². The van der Waals surface area contributed by atoms with Crippen LogP contribution in [0.15, 0.2) is 42.5 Å². The molecule has 0 unspecified atom stereocenters. The quantitative estimate of drug-likeness (QED) is 0.352. The fourth-order valence-electron chi connectivity index (χ4n) is 2.12. The Balaban J connectivity index is 2.01. The van der Waals surface area contributed by atoms with Gasteiger partial charge in [0.1, 0.15) is 11.6 Å². The van der Waals surface area contributed by atoms with Crippen molar-refractivity contribution in [2.45, 2.75) is 19.2 Å². The summed E-state index contributed by atoms with van der Waals surface area (Å²) in [7, 11) is 0. The van der Waals surface area contributed by atoms with E-state index in [9.17, 15) is 22.4 Å². The Kier molecular flexibility index (Phi) is 5.73. The molecule has 25 heavy (non-hydrogen) atoms. The SMILES string of the molecule is Nc1ccc(C(=O)CC(=S)Cc2cccc(OC(F)(F)F)c2)cc1F. The lowest BCUT2D eigenvalue weighted by molar-refractivity contribution is -0.274. The Labute approximate surface area is 146 Å². The number of carbonyl (C=O) groups excluding carboxylic acids is 1. The van der Waals surface area contributed by atoms with E-state index in [-0.39, 0.29) is 29.8 Å². The van der Waals surface area contributed by atoms with Gasteiger partial charge >= 0.3 is 6.36 Å². The monoisotopic (exact) mass is 371 g/mol. The molecule has 0 aliphatic heterocycles. The van der Waals surface area contributed by atoms with Gasteiger partial charge in [-0.05, 0) is 35.9 Å². The van der Waals surface area contributed by atoms with Gasteiger partial charge in [-0.25, -0.2) is 4.39 Å². The van der Waals surface area contributed by atoms with Crippen LogP contribution >= 0.6 is 12.2 Å². The van der Waals surface area contributed by atoms with Crippen LogP contribution in [0.5, 0.6) is 5.75 Å². The molecule has 0 aromatic heterocycles. The van der Waals surface area contributed by atoms with Crippen molar-refractivity contribution in [3.63, 3.8) is 0 Å². The summed E-state index contributed by atoms with van der Waals surface area (Å²) >= 11 is 5.12. The number of halogens is 4. The van der Waals surface area contributed by atoms with Crippen molar-refractivity contribution in [1.29, 1.82) is 0 Å². The molecule has 0 radical (unpaired) electrons. The number of carbonyl (C=O) groups is 1. The van der Waals surface area contributed by atoms with Crippen molar-refractivity contribution < 1.29 is 27.1 Å². The van der Waals surface area contributed by atoms with E-state index in [1.165, 1.54) is 30.3 Å². The van der Waals surface area contributed by atoms with Gasteiger partial charge < -0.3 is 10.5 Å². The van der Waals surface area contributed by atoms with E-state index in [1.54, 1.807) is 6.07 Å². The van der Waals surface area contributed by atoms with Gasteiger partial charge in [0.25, 0.3) is 0 Å². The highest BCUT2D eigenvalue weighted by Gasteiger charge is 2.31. The van der Waals surface area contributed by atoms with Crippen molar-refractivity contribution in [1.82, 2.24) is 0 Å². The topological polar surface area (TPSA) is 52.3 Å². The molecular weight excluding hydrogens is 358 g/mol. The fourth-order valence-corrected chi connectivity index (χ4v) is 2.42. The molecule has 0 aliphatic carbocycles. The first kappa shape index (κ1) is 18.9. The second kappa shape index (κ2) is 7.60. The number of hydrogen-bond acceptors (Lipinski definition) is 4. The molecule has 0 atom stereocenters. The van der Waals surface area contributed by atoms with Crippen LogP contribution in [-0.4, -0.2) is 17.0 Å². The zero-order valence-electron chi connectivity index (χ0n) is 12.8. The highest BCUT2D eigenvalue weighted by Crippen LogP contribution is 2.24. The second-order valence-electron chi connectivity index (χ2n) is 5.25. The predicted molar refractivity (Wildman–Crippen MR) is 89.2 cm³/mol. The number of alkyl halides is 3. The first-order valence-electron chi connectivity index (χ1n) is 7.08. The van der Waals surface area contributed by atoms with E-state index in [0.717, 1.165) is 6.07 Å². The Morgan fingerprint density at radius 2 is 1.88 bits per heavy atom. The van der Waals surface area contributed by atoms with Crippen LogP contribution in [0.25, 0.3) is 0 Å². The Bertz CT molecular complexity index is 805. The number of ketones is 1. The van der Waals surface area contributed by atoms with Crippen molar-refractivity contribution in [2.75, 3.05) is 5.73 Å². The third-order valence-corrected chi connectivity index (χ3v) is 3.50. The van der Waals surface area contributed by atoms with Crippen LogP contribution in [0.1, 0.15) is 22.3 Å². The van der Waals surface area contributed by atoms with Gasteiger partial charge in [0, 0.05) is 23.3 Å². The molecule has 0 amide bonds. The van der Waals surface area contributed by atoms with Crippen LogP contribution < -0.4 is 10.5 Å². The second-order valence-corrected chi connectivity index (χ2v) is 5.82. The molecule has 132 valence electrons. The number of rotatable bonds is 6. The summed E-state index contributed by atoms with van der Waals surface area (Å²) in [5, 5.41) is 0. The highest BCUT2D eigenvalue weighted by atomic mass is 32.1. The largest absolute Gasteiger partial charge is 0.573 e. The van der Waals surface area contributed by atoms with Crippen LogP contribution in [-0.2, 0) is 6.42 Å². The summed E-state index contributed by atoms with van der Waals surface area (Å²) < 4.78 is 53.9. The van der Waals surface area contributed by atoms with E-state index in [4.69, 9.17) is 18.0 Å². The predicted octanol–water partition coefficient (Wildman–Crippen LogP) is 4.49. The molecule has 2 N–H and O–H groups in total. The van der Waals surface area contributed by atoms with E-state index in [2.05, 4.69) is 4.74 Å². The average Bonchev–Trinajstić information content (AvgIpc) is 2.48. The molecule has 2 aromatic carbocycles. The molecule has 0 saturated heterocycles. The number of nitrogens with two attached hydrogens (primary N) is 1. The minimum absolute atomic E-state index is 0.0689. The van der Waals surface area contributed by atoms with Crippen LogP contribution in [0, 0.1) is 5.82 Å². The standard InChI is InChI=1S/C17H13F4NO2S/c18-14-8-11(4-5-15(14)22)16(23)9-13(25)7-10-2-1-3-12(6-10)24-17(19,20)21/h1-6,8H,7,9,22H2. The molecule has 0 fully saturated rings. The summed E-state index contributed by atoms with van der Waals surface area (Å²) in [6.07, 6.45) is -4.80. The molecule has 0 bridgehead atoms. The van der Waals surface area contributed by atoms with Gasteiger partial charge in [0.15, 0.2) is 5.78 Å². The van der Waals surface area contributed by atoms with E-state index in [0.29, 0.717) is 10.4 Å². The van der Waals surface area contributed by atoms with E-state index >= 15 is 0 Å². The third-order valence-electron chi connectivity index (χ3n) is 3.21. The lowest BCUT2D eigenvalue weighted by Crippen LogP contribution is -2.17. The maximum atomic E-state index is 13.4. The number of Topliss-reactive ketones (excluding diaryl/α,β-unsaturated/α-hetero) is 1. The summed E-state index contributed by atoms with van der Waals surface area (Å²) in [6.45, 7) is 0. The molecule has 8 heteroatoms. The zero-order valence-corrected chi connectivity index (χ0v) is 13.6. The third kappa shape index (κ3) is 5.82. The summed E-state index contributed by atoms with van der Waals surface area (Å²) in [4.78, 5) is 12.4. The van der Waals surface area contributed by atoms with Crippen molar-refractivity contribution >= 4 is 28.6 Å². The van der Waals surface area contributed by atoms with Crippen molar-refractivity contribution in [3.8, 4) is 5.75 Å². The number of anilines is 1.